The highest BCUT2D eigenvalue weighted by atomic mass is 35.5. The van der Waals surface area contributed by atoms with Crippen molar-refractivity contribution in [3.8, 4) is 11.3 Å². The van der Waals surface area contributed by atoms with Crippen molar-refractivity contribution in [1.82, 2.24) is 20.6 Å². The van der Waals surface area contributed by atoms with E-state index in [1.807, 2.05) is 42.6 Å². The zero-order valence-electron chi connectivity index (χ0n) is 16.4. The van der Waals surface area contributed by atoms with Gasteiger partial charge in [-0.05, 0) is 30.2 Å². The molecule has 1 aliphatic rings. The van der Waals surface area contributed by atoms with Crippen molar-refractivity contribution in [2.45, 2.75) is 19.0 Å². The van der Waals surface area contributed by atoms with E-state index in [9.17, 15) is 0 Å². The number of benzene rings is 2. The molecule has 6 nitrogen and oxygen atoms in total. The Balaban J connectivity index is 1.30. The van der Waals surface area contributed by atoms with Crippen molar-refractivity contribution in [3.63, 3.8) is 0 Å². The second-order valence-corrected chi connectivity index (χ2v) is 7.53. The van der Waals surface area contributed by atoms with Crippen LogP contribution in [0.4, 0.5) is 5.69 Å². The average molecular weight is 409 g/mol. The molecule has 150 valence electrons. The Morgan fingerprint density at radius 3 is 2.90 bits per heavy atom. The summed E-state index contributed by atoms with van der Waals surface area (Å²) in [5.74, 6) is 1.65. The topological polar surface area (TPSA) is 68.3 Å². The van der Waals surface area contributed by atoms with Crippen LogP contribution in [-0.2, 0) is 6.54 Å². The molecule has 2 aromatic carbocycles. The maximum absolute atomic E-state index is 6.13. The number of aliphatic imine (C=N–C) groups is 1. The van der Waals surface area contributed by atoms with Crippen LogP contribution >= 0.6 is 11.6 Å². The number of rotatable bonds is 5. The predicted molar refractivity (Wildman–Crippen MR) is 119 cm³/mol. The largest absolute Gasteiger partial charge is 0.369 e. The third-order valence-corrected chi connectivity index (χ3v) is 5.30. The Bertz CT molecular complexity index is 968. The maximum atomic E-state index is 6.13. The van der Waals surface area contributed by atoms with E-state index in [1.165, 1.54) is 0 Å². The van der Waals surface area contributed by atoms with Gasteiger partial charge >= 0.3 is 0 Å². The van der Waals surface area contributed by atoms with Gasteiger partial charge in [-0.25, -0.2) is 4.98 Å². The van der Waals surface area contributed by atoms with Crippen molar-refractivity contribution in [3.05, 3.63) is 71.6 Å². The Hall–Kier alpha value is -2.99. The molecule has 0 spiro atoms. The molecule has 0 saturated carbocycles. The van der Waals surface area contributed by atoms with Crippen LogP contribution in [0, 0.1) is 0 Å². The summed E-state index contributed by atoms with van der Waals surface area (Å²) in [6.07, 6.45) is 2.91. The van der Waals surface area contributed by atoms with Crippen LogP contribution in [0.25, 0.3) is 11.3 Å². The van der Waals surface area contributed by atoms with E-state index in [-0.39, 0.29) is 0 Å². The third kappa shape index (κ3) is 4.90. The molecular weight excluding hydrogens is 384 g/mol. The lowest BCUT2D eigenvalue weighted by Crippen LogP contribution is -2.44. The highest BCUT2D eigenvalue weighted by Gasteiger charge is 2.23. The summed E-state index contributed by atoms with van der Waals surface area (Å²) in [4.78, 5) is 14.5. The van der Waals surface area contributed by atoms with Gasteiger partial charge in [-0.2, -0.15) is 0 Å². The number of H-pyrrole nitrogens is 1. The van der Waals surface area contributed by atoms with Crippen LogP contribution in [-0.4, -0.2) is 42.1 Å². The van der Waals surface area contributed by atoms with Crippen LogP contribution < -0.4 is 15.5 Å². The average Bonchev–Trinajstić information content (AvgIpc) is 3.41. The number of nitrogens with one attached hydrogen (secondary N) is 3. The van der Waals surface area contributed by atoms with Gasteiger partial charge in [0.2, 0.25) is 0 Å². The number of anilines is 1. The molecule has 3 N–H and O–H groups in total. The molecule has 1 aliphatic heterocycles. The maximum Gasteiger partial charge on any atom is 0.191 e. The molecule has 1 fully saturated rings. The predicted octanol–water partition coefficient (Wildman–Crippen LogP) is 3.67. The standard InChI is InChI=1S/C22H25ClN6/c1-24-22(26-14-21-25-13-20(28-21)16-6-3-2-4-7-16)27-18-10-11-29(15-18)19-9-5-8-17(23)12-19/h2-9,12-13,18H,10-11,14-15H2,1H3,(H,25,28)(H2,24,26,27). The van der Waals surface area contributed by atoms with Gasteiger partial charge in [0.25, 0.3) is 0 Å². The van der Waals surface area contributed by atoms with Crippen LogP contribution in [0.15, 0.2) is 65.8 Å². The molecule has 0 radical (unpaired) electrons. The number of hydrogen-bond donors (Lipinski definition) is 3. The van der Waals surface area contributed by atoms with E-state index in [1.54, 1.807) is 7.05 Å². The van der Waals surface area contributed by atoms with Gasteiger partial charge < -0.3 is 20.5 Å². The highest BCUT2D eigenvalue weighted by molar-refractivity contribution is 6.30. The van der Waals surface area contributed by atoms with E-state index in [2.05, 4.69) is 48.7 Å². The number of aromatic nitrogens is 2. The Morgan fingerprint density at radius 2 is 2.10 bits per heavy atom. The fourth-order valence-electron chi connectivity index (χ4n) is 3.56. The first-order valence-electron chi connectivity index (χ1n) is 9.78. The number of guanidine groups is 1. The smallest absolute Gasteiger partial charge is 0.191 e. The molecule has 0 amide bonds. The van der Waals surface area contributed by atoms with E-state index < -0.39 is 0 Å². The SMILES string of the molecule is CN=C(NCc1ncc(-c2ccccc2)[nH]1)NC1CCN(c2cccc(Cl)c2)C1. The lowest BCUT2D eigenvalue weighted by Gasteiger charge is -2.20. The molecule has 1 saturated heterocycles. The Morgan fingerprint density at radius 1 is 1.24 bits per heavy atom. The summed E-state index contributed by atoms with van der Waals surface area (Å²) >= 11 is 6.13. The fourth-order valence-corrected chi connectivity index (χ4v) is 3.74. The van der Waals surface area contributed by atoms with Gasteiger partial charge in [-0.3, -0.25) is 4.99 Å². The molecule has 0 bridgehead atoms. The summed E-state index contributed by atoms with van der Waals surface area (Å²) in [7, 11) is 1.79. The third-order valence-electron chi connectivity index (χ3n) is 5.06. The minimum atomic E-state index is 0.330. The lowest BCUT2D eigenvalue weighted by molar-refractivity contribution is 0.646. The van der Waals surface area contributed by atoms with Gasteiger partial charge in [-0.1, -0.05) is 48.0 Å². The summed E-state index contributed by atoms with van der Waals surface area (Å²) in [5.41, 5.74) is 3.30. The van der Waals surface area contributed by atoms with Gasteiger partial charge in [-0.15, -0.1) is 0 Å². The minimum absolute atomic E-state index is 0.330. The molecule has 1 atom stereocenters. The number of nitrogens with zero attached hydrogens (tertiary/aromatic N) is 3. The van der Waals surface area contributed by atoms with E-state index in [4.69, 9.17) is 11.6 Å². The first-order chi connectivity index (χ1) is 14.2. The second kappa shape index (κ2) is 9.01. The number of hydrogen-bond acceptors (Lipinski definition) is 3. The zero-order valence-corrected chi connectivity index (χ0v) is 17.2. The Kier molecular flexibility index (Phi) is 6.00. The van der Waals surface area contributed by atoms with Crippen LogP contribution in [0.2, 0.25) is 5.02 Å². The van der Waals surface area contributed by atoms with E-state index in [0.717, 1.165) is 53.3 Å². The molecule has 0 aliphatic carbocycles. The fraction of sp³-hybridized carbons (Fsp3) is 0.273. The second-order valence-electron chi connectivity index (χ2n) is 7.09. The van der Waals surface area contributed by atoms with Gasteiger partial charge in [0, 0.05) is 36.9 Å². The quantitative estimate of drug-likeness (QED) is 0.445. The van der Waals surface area contributed by atoms with E-state index in [0.29, 0.717) is 12.6 Å². The molecule has 1 aromatic heterocycles. The summed E-state index contributed by atoms with van der Waals surface area (Å²) in [6, 6.07) is 18.5. The molecule has 3 aromatic rings. The molecule has 1 unspecified atom stereocenters. The van der Waals surface area contributed by atoms with Crippen LogP contribution in [0.1, 0.15) is 12.2 Å². The first-order valence-corrected chi connectivity index (χ1v) is 10.2. The number of aromatic amines is 1. The van der Waals surface area contributed by atoms with Gasteiger partial charge in [0.15, 0.2) is 5.96 Å². The zero-order chi connectivity index (χ0) is 20.1. The van der Waals surface area contributed by atoms with Crippen molar-refractivity contribution in [2.24, 2.45) is 4.99 Å². The molecule has 2 heterocycles. The lowest BCUT2D eigenvalue weighted by atomic mass is 10.2. The number of imidazole rings is 1. The number of halogens is 1. The highest BCUT2D eigenvalue weighted by Crippen LogP contribution is 2.23. The molecule has 29 heavy (non-hydrogen) atoms. The van der Waals surface area contributed by atoms with Crippen LogP contribution in [0.3, 0.4) is 0 Å². The van der Waals surface area contributed by atoms with Crippen molar-refractivity contribution in [2.75, 3.05) is 25.0 Å². The summed E-state index contributed by atoms with van der Waals surface area (Å²) in [5, 5.41) is 7.63. The summed E-state index contributed by atoms with van der Waals surface area (Å²) < 4.78 is 0. The molecular formula is C22H25ClN6. The van der Waals surface area contributed by atoms with Gasteiger partial charge in [0.1, 0.15) is 5.82 Å². The van der Waals surface area contributed by atoms with E-state index >= 15 is 0 Å². The first kappa shape index (κ1) is 19.3. The molecule has 4 rings (SSSR count). The summed E-state index contributed by atoms with van der Waals surface area (Å²) in [6.45, 7) is 2.49. The minimum Gasteiger partial charge on any atom is -0.369 e. The van der Waals surface area contributed by atoms with Crippen molar-refractivity contribution < 1.29 is 0 Å². The van der Waals surface area contributed by atoms with Gasteiger partial charge in [0.05, 0.1) is 18.4 Å². The normalized spacial score (nSPS) is 16.8. The monoisotopic (exact) mass is 408 g/mol. The van der Waals surface area contributed by atoms with Crippen molar-refractivity contribution >= 4 is 23.2 Å². The molecule has 7 heteroatoms. The Labute approximate surface area is 176 Å². The van der Waals surface area contributed by atoms with Crippen molar-refractivity contribution in [1.29, 1.82) is 0 Å². The van der Waals surface area contributed by atoms with Crippen LogP contribution in [0.5, 0.6) is 0 Å².